The molecule has 2 aromatic heterocycles. The van der Waals surface area contributed by atoms with E-state index in [0.717, 1.165) is 27.8 Å². The lowest BCUT2D eigenvalue weighted by atomic mass is 9.67. The number of hydrogen-bond donors (Lipinski definition) is 0. The molecule has 1 spiro atoms. The van der Waals surface area contributed by atoms with Gasteiger partial charge in [-0.25, -0.2) is 19.9 Å². The predicted molar refractivity (Wildman–Crippen MR) is 169 cm³/mol. The maximum absolute atomic E-state index is 4.30. The summed E-state index contributed by atoms with van der Waals surface area (Å²) in [6.07, 6.45) is 17.0. The van der Waals surface area contributed by atoms with E-state index < -0.39 is 0 Å². The van der Waals surface area contributed by atoms with Crippen molar-refractivity contribution in [3.8, 4) is 55.6 Å². The van der Waals surface area contributed by atoms with Crippen molar-refractivity contribution in [2.75, 3.05) is 0 Å². The van der Waals surface area contributed by atoms with Crippen LogP contribution >= 0.6 is 0 Å². The maximum atomic E-state index is 4.30. The molecule has 0 saturated heterocycles. The average Bonchev–Trinajstić information content (AvgIpc) is 3.34. The Labute approximate surface area is 246 Å². The minimum absolute atomic E-state index is 0.128. The highest BCUT2D eigenvalue weighted by molar-refractivity contribution is 5.97. The normalized spacial score (nSPS) is 14.9. The molecule has 2 aliphatic carbocycles. The van der Waals surface area contributed by atoms with Gasteiger partial charge in [-0.3, -0.25) is 0 Å². The summed E-state index contributed by atoms with van der Waals surface area (Å²) in [7, 11) is 0. The van der Waals surface area contributed by atoms with Gasteiger partial charge < -0.3 is 0 Å². The second-order valence-corrected chi connectivity index (χ2v) is 11.5. The first-order valence-corrected chi connectivity index (χ1v) is 14.8. The van der Waals surface area contributed by atoms with Gasteiger partial charge in [-0.2, -0.15) is 0 Å². The summed E-state index contributed by atoms with van der Waals surface area (Å²) in [4.78, 5) is 17.2. The standard InChI is InChI=1S/C38H30N4/c1-6-15-38(16-7-1)35-13-5-4-11-34(35)37-33(12-8-14-36(37)38)32-10-3-2-9-31(32)28-18-26(29-20-39-24-40-21-29)17-27(19-28)30-22-41-25-42-23-30/h2-5,8-14,17-25H,1,6-7,15-16H2. The molecule has 0 atom stereocenters. The van der Waals surface area contributed by atoms with Gasteiger partial charge in [0.15, 0.2) is 0 Å². The van der Waals surface area contributed by atoms with Crippen LogP contribution in [0.5, 0.6) is 0 Å². The number of rotatable bonds is 4. The zero-order chi connectivity index (χ0) is 27.9. The van der Waals surface area contributed by atoms with E-state index in [9.17, 15) is 0 Å². The minimum atomic E-state index is 0.128. The molecule has 0 N–H and O–H groups in total. The molecule has 1 fully saturated rings. The van der Waals surface area contributed by atoms with Gasteiger partial charge in [0, 0.05) is 41.3 Å². The highest BCUT2D eigenvalue weighted by atomic mass is 14.8. The van der Waals surface area contributed by atoms with E-state index in [1.54, 1.807) is 12.7 Å². The molecule has 0 radical (unpaired) electrons. The number of hydrogen-bond acceptors (Lipinski definition) is 4. The molecule has 8 rings (SSSR count). The van der Waals surface area contributed by atoms with Crippen LogP contribution in [0.4, 0.5) is 0 Å². The van der Waals surface area contributed by atoms with E-state index in [2.05, 4.69) is 105 Å². The lowest BCUT2D eigenvalue weighted by Gasteiger charge is -2.36. The molecule has 202 valence electrons. The summed E-state index contributed by atoms with van der Waals surface area (Å²) in [5.41, 5.74) is 14.9. The molecule has 2 heterocycles. The Kier molecular flexibility index (Phi) is 5.99. The molecule has 1 saturated carbocycles. The fraction of sp³-hybridized carbons (Fsp3) is 0.158. The van der Waals surface area contributed by atoms with Crippen molar-refractivity contribution >= 4 is 0 Å². The SMILES string of the molecule is c1ccc(-c2cccc3c2-c2ccccc2C32CCCCC2)c(-c2cc(-c3cncnc3)cc(-c3cncnc3)c2)c1. The number of aromatic nitrogens is 4. The van der Waals surface area contributed by atoms with Crippen LogP contribution in [-0.2, 0) is 5.41 Å². The van der Waals surface area contributed by atoms with Crippen LogP contribution in [0.3, 0.4) is 0 Å². The van der Waals surface area contributed by atoms with Gasteiger partial charge in [0.05, 0.1) is 0 Å². The van der Waals surface area contributed by atoms with Crippen LogP contribution in [0.2, 0.25) is 0 Å². The highest BCUT2D eigenvalue weighted by Gasteiger charge is 2.44. The molecule has 4 nitrogen and oxygen atoms in total. The molecular formula is C38H30N4. The van der Waals surface area contributed by atoms with Crippen LogP contribution < -0.4 is 0 Å². The molecule has 6 aromatic rings. The third kappa shape index (κ3) is 3.98. The zero-order valence-electron chi connectivity index (χ0n) is 23.4. The lowest BCUT2D eigenvalue weighted by molar-refractivity contribution is 0.353. The van der Waals surface area contributed by atoms with Gasteiger partial charge in [0.2, 0.25) is 0 Å². The van der Waals surface area contributed by atoms with Crippen LogP contribution in [0.1, 0.15) is 43.2 Å². The fourth-order valence-electron chi connectivity index (χ4n) is 7.41. The molecule has 0 aliphatic heterocycles. The molecule has 4 heteroatoms. The first-order chi connectivity index (χ1) is 20.8. The first-order valence-electron chi connectivity index (χ1n) is 14.8. The Morgan fingerprint density at radius 2 is 0.952 bits per heavy atom. The quantitative estimate of drug-likeness (QED) is 0.223. The lowest BCUT2D eigenvalue weighted by Crippen LogP contribution is -2.27. The van der Waals surface area contributed by atoms with E-state index in [1.165, 1.54) is 71.0 Å². The van der Waals surface area contributed by atoms with Gasteiger partial charge in [-0.1, -0.05) is 86.0 Å². The zero-order valence-corrected chi connectivity index (χ0v) is 23.4. The summed E-state index contributed by atoms with van der Waals surface area (Å²) in [6.45, 7) is 0. The molecule has 0 bridgehead atoms. The van der Waals surface area contributed by atoms with Crippen LogP contribution in [0.15, 0.2) is 122 Å². The smallest absolute Gasteiger partial charge is 0.115 e. The van der Waals surface area contributed by atoms with E-state index >= 15 is 0 Å². The van der Waals surface area contributed by atoms with Crippen molar-refractivity contribution in [1.29, 1.82) is 0 Å². The average molecular weight is 543 g/mol. The monoisotopic (exact) mass is 542 g/mol. The summed E-state index contributed by atoms with van der Waals surface area (Å²) in [5.74, 6) is 0. The van der Waals surface area contributed by atoms with Crippen molar-refractivity contribution in [1.82, 2.24) is 19.9 Å². The van der Waals surface area contributed by atoms with E-state index in [4.69, 9.17) is 0 Å². The molecule has 0 unspecified atom stereocenters. The van der Waals surface area contributed by atoms with Crippen molar-refractivity contribution < 1.29 is 0 Å². The second-order valence-electron chi connectivity index (χ2n) is 11.5. The van der Waals surface area contributed by atoms with Gasteiger partial charge >= 0.3 is 0 Å². The molecule has 4 aromatic carbocycles. The highest BCUT2D eigenvalue weighted by Crippen LogP contribution is 2.58. The Bertz CT molecular complexity index is 1850. The van der Waals surface area contributed by atoms with E-state index in [-0.39, 0.29) is 5.41 Å². The summed E-state index contributed by atoms with van der Waals surface area (Å²) in [6, 6.07) is 31.7. The maximum Gasteiger partial charge on any atom is 0.115 e. The van der Waals surface area contributed by atoms with Crippen LogP contribution in [-0.4, -0.2) is 19.9 Å². The largest absolute Gasteiger partial charge is 0.244 e. The third-order valence-electron chi connectivity index (χ3n) is 9.25. The molecule has 2 aliphatic rings. The molecule has 42 heavy (non-hydrogen) atoms. The molecule has 0 amide bonds. The Morgan fingerprint density at radius 3 is 1.62 bits per heavy atom. The van der Waals surface area contributed by atoms with Crippen LogP contribution in [0, 0.1) is 0 Å². The third-order valence-corrected chi connectivity index (χ3v) is 9.25. The number of nitrogens with zero attached hydrogens (tertiary/aromatic N) is 4. The van der Waals surface area contributed by atoms with Crippen molar-refractivity contribution in [2.45, 2.75) is 37.5 Å². The Hall–Kier alpha value is -4.96. The second kappa shape index (κ2) is 10.1. The summed E-state index contributed by atoms with van der Waals surface area (Å²) < 4.78 is 0. The fourth-order valence-corrected chi connectivity index (χ4v) is 7.41. The van der Waals surface area contributed by atoms with Gasteiger partial charge in [0.1, 0.15) is 12.7 Å². The topological polar surface area (TPSA) is 51.6 Å². The van der Waals surface area contributed by atoms with Crippen molar-refractivity contribution in [2.24, 2.45) is 0 Å². The van der Waals surface area contributed by atoms with E-state index in [0.29, 0.717) is 0 Å². The van der Waals surface area contributed by atoms with Crippen molar-refractivity contribution in [3.05, 3.63) is 133 Å². The van der Waals surface area contributed by atoms with Gasteiger partial charge in [0.25, 0.3) is 0 Å². The predicted octanol–water partition coefficient (Wildman–Crippen LogP) is 9.17. The molecular weight excluding hydrogens is 512 g/mol. The first kappa shape index (κ1) is 24.8. The van der Waals surface area contributed by atoms with Gasteiger partial charge in [-0.15, -0.1) is 0 Å². The van der Waals surface area contributed by atoms with E-state index in [1.807, 2.05) is 24.8 Å². The van der Waals surface area contributed by atoms with Crippen LogP contribution in [0.25, 0.3) is 55.6 Å². The summed E-state index contributed by atoms with van der Waals surface area (Å²) in [5, 5.41) is 0. The Morgan fingerprint density at radius 1 is 0.429 bits per heavy atom. The van der Waals surface area contributed by atoms with Gasteiger partial charge in [-0.05, 0) is 86.7 Å². The number of benzene rings is 4. The minimum Gasteiger partial charge on any atom is -0.244 e. The summed E-state index contributed by atoms with van der Waals surface area (Å²) >= 11 is 0. The van der Waals surface area contributed by atoms with Crippen molar-refractivity contribution in [3.63, 3.8) is 0 Å². The Balaban J connectivity index is 1.36. The number of fused-ring (bicyclic) bond motifs is 5.